The van der Waals surface area contributed by atoms with Crippen LogP contribution in [0, 0.1) is 0 Å². The van der Waals surface area contributed by atoms with Gasteiger partial charge in [-0.25, -0.2) is 5.01 Å². The van der Waals surface area contributed by atoms with Gasteiger partial charge in [0.05, 0.1) is 18.5 Å². The van der Waals surface area contributed by atoms with Crippen LogP contribution in [0.25, 0.3) is 0 Å². The van der Waals surface area contributed by atoms with E-state index in [0.717, 1.165) is 43.0 Å². The fourth-order valence-electron chi connectivity index (χ4n) is 3.49. The zero-order valence-corrected chi connectivity index (χ0v) is 14.7. The number of halogens is 1. The standard InChI is InChI=1S/C19H20ClN3O2/c20-15-6-3-5-14(11-15)16-12-17(18-7-4-10-25-18)23(21-16)19(24)13-22-8-1-2-9-22/h3-7,10-11,17H,1-2,8-9,12-13H2/t17-/m1/s1. The summed E-state index contributed by atoms with van der Waals surface area (Å²) in [6, 6.07) is 11.1. The van der Waals surface area contributed by atoms with Gasteiger partial charge in [-0.05, 0) is 55.8 Å². The van der Waals surface area contributed by atoms with Gasteiger partial charge in [-0.3, -0.25) is 9.69 Å². The molecule has 0 unspecified atom stereocenters. The number of carbonyl (C=O) groups excluding carboxylic acids is 1. The van der Waals surface area contributed by atoms with Gasteiger partial charge in [-0.1, -0.05) is 23.7 Å². The molecule has 1 fully saturated rings. The summed E-state index contributed by atoms with van der Waals surface area (Å²) in [4.78, 5) is 15.0. The molecule has 6 heteroatoms. The molecule has 3 heterocycles. The number of amides is 1. The summed E-state index contributed by atoms with van der Waals surface area (Å²) >= 11 is 6.11. The van der Waals surface area contributed by atoms with E-state index in [4.69, 9.17) is 16.0 Å². The molecule has 0 spiro atoms. The van der Waals surface area contributed by atoms with Crippen molar-refractivity contribution in [2.75, 3.05) is 19.6 Å². The molecule has 4 rings (SSSR count). The van der Waals surface area contributed by atoms with Crippen molar-refractivity contribution in [2.45, 2.75) is 25.3 Å². The second kappa shape index (κ2) is 7.02. The normalized spacial score (nSPS) is 20.9. The van der Waals surface area contributed by atoms with Crippen LogP contribution < -0.4 is 0 Å². The van der Waals surface area contributed by atoms with Gasteiger partial charge >= 0.3 is 0 Å². The van der Waals surface area contributed by atoms with Crippen molar-refractivity contribution >= 4 is 23.2 Å². The summed E-state index contributed by atoms with van der Waals surface area (Å²) in [7, 11) is 0. The highest BCUT2D eigenvalue weighted by Gasteiger charge is 2.35. The zero-order valence-electron chi connectivity index (χ0n) is 13.9. The molecule has 1 atom stereocenters. The second-order valence-corrected chi connectivity index (χ2v) is 6.95. The molecule has 1 amide bonds. The van der Waals surface area contributed by atoms with Gasteiger partial charge in [0.25, 0.3) is 5.91 Å². The van der Waals surface area contributed by atoms with Crippen molar-refractivity contribution in [3.8, 4) is 0 Å². The predicted octanol–water partition coefficient (Wildman–Crippen LogP) is 3.71. The van der Waals surface area contributed by atoms with Gasteiger partial charge in [-0.2, -0.15) is 5.10 Å². The first-order valence-corrected chi connectivity index (χ1v) is 9.00. The Labute approximate surface area is 151 Å². The largest absolute Gasteiger partial charge is 0.467 e. The molecule has 0 radical (unpaired) electrons. The van der Waals surface area contributed by atoms with E-state index in [9.17, 15) is 4.79 Å². The van der Waals surface area contributed by atoms with Crippen molar-refractivity contribution in [2.24, 2.45) is 5.10 Å². The van der Waals surface area contributed by atoms with E-state index in [2.05, 4.69) is 10.0 Å². The van der Waals surface area contributed by atoms with Gasteiger partial charge in [0.1, 0.15) is 11.8 Å². The van der Waals surface area contributed by atoms with Crippen LogP contribution in [0.5, 0.6) is 0 Å². The lowest BCUT2D eigenvalue weighted by atomic mass is 10.0. The van der Waals surface area contributed by atoms with E-state index in [1.165, 1.54) is 0 Å². The number of furan rings is 1. The lowest BCUT2D eigenvalue weighted by molar-refractivity contribution is -0.134. The highest BCUT2D eigenvalue weighted by molar-refractivity contribution is 6.31. The second-order valence-electron chi connectivity index (χ2n) is 6.51. The van der Waals surface area contributed by atoms with Crippen LogP contribution in [0.3, 0.4) is 0 Å². The van der Waals surface area contributed by atoms with E-state index >= 15 is 0 Å². The third-order valence-corrected chi connectivity index (χ3v) is 4.99. The molecule has 1 saturated heterocycles. The number of rotatable bonds is 4. The minimum atomic E-state index is -0.195. The molecular weight excluding hydrogens is 338 g/mol. The monoisotopic (exact) mass is 357 g/mol. The van der Waals surface area contributed by atoms with E-state index in [1.54, 1.807) is 11.3 Å². The molecule has 2 aliphatic heterocycles. The van der Waals surface area contributed by atoms with Gasteiger partial charge in [0.2, 0.25) is 0 Å². The van der Waals surface area contributed by atoms with Crippen LogP contribution in [0.1, 0.15) is 36.6 Å². The van der Waals surface area contributed by atoms with Crippen molar-refractivity contribution in [1.82, 2.24) is 9.91 Å². The van der Waals surface area contributed by atoms with E-state index in [1.807, 2.05) is 36.4 Å². The van der Waals surface area contributed by atoms with Gasteiger partial charge in [0.15, 0.2) is 0 Å². The highest BCUT2D eigenvalue weighted by Crippen LogP contribution is 2.33. The Balaban J connectivity index is 1.60. The predicted molar refractivity (Wildman–Crippen MR) is 96.6 cm³/mol. The van der Waals surface area contributed by atoms with Gasteiger partial charge in [0, 0.05) is 11.4 Å². The van der Waals surface area contributed by atoms with Crippen LogP contribution in [0.2, 0.25) is 5.02 Å². The molecular formula is C19H20ClN3O2. The lowest BCUT2D eigenvalue weighted by Gasteiger charge is -2.22. The summed E-state index contributed by atoms with van der Waals surface area (Å²) in [5.74, 6) is 0.774. The quantitative estimate of drug-likeness (QED) is 0.838. The number of hydrogen-bond acceptors (Lipinski definition) is 4. The van der Waals surface area contributed by atoms with Crippen LogP contribution in [-0.4, -0.2) is 41.2 Å². The number of hydrogen-bond donors (Lipinski definition) is 0. The SMILES string of the molecule is O=C(CN1CCCC1)N1N=C(c2cccc(Cl)c2)C[C@@H]1c1ccco1. The number of benzene rings is 1. The molecule has 1 aromatic carbocycles. The molecule has 130 valence electrons. The highest BCUT2D eigenvalue weighted by atomic mass is 35.5. The van der Waals surface area contributed by atoms with Crippen LogP contribution in [0.4, 0.5) is 0 Å². The maximum atomic E-state index is 12.9. The Morgan fingerprint density at radius 2 is 2.08 bits per heavy atom. The first-order chi connectivity index (χ1) is 12.2. The Morgan fingerprint density at radius 1 is 1.24 bits per heavy atom. The number of carbonyl (C=O) groups is 1. The third kappa shape index (κ3) is 3.48. The molecule has 25 heavy (non-hydrogen) atoms. The molecule has 0 N–H and O–H groups in total. The zero-order chi connectivity index (χ0) is 17.2. The van der Waals surface area contributed by atoms with E-state index in [-0.39, 0.29) is 11.9 Å². The minimum absolute atomic E-state index is 0.0142. The summed E-state index contributed by atoms with van der Waals surface area (Å²) in [5, 5.41) is 6.89. The summed E-state index contributed by atoms with van der Waals surface area (Å²) in [5.41, 5.74) is 1.80. The van der Waals surface area contributed by atoms with Gasteiger partial charge < -0.3 is 4.42 Å². The Hall–Kier alpha value is -2.11. The maximum Gasteiger partial charge on any atom is 0.257 e. The first kappa shape index (κ1) is 16.4. The third-order valence-electron chi connectivity index (χ3n) is 4.75. The molecule has 0 saturated carbocycles. The maximum absolute atomic E-state index is 12.9. The van der Waals surface area contributed by atoms with Crippen molar-refractivity contribution in [3.63, 3.8) is 0 Å². The molecule has 0 bridgehead atoms. The lowest BCUT2D eigenvalue weighted by Crippen LogP contribution is -2.36. The van der Waals surface area contributed by atoms with Crippen LogP contribution in [0.15, 0.2) is 52.2 Å². The van der Waals surface area contributed by atoms with Crippen molar-refractivity contribution in [3.05, 3.63) is 59.0 Å². The fourth-order valence-corrected chi connectivity index (χ4v) is 3.68. The topological polar surface area (TPSA) is 49.1 Å². The molecule has 1 aromatic heterocycles. The van der Waals surface area contributed by atoms with Crippen molar-refractivity contribution in [1.29, 1.82) is 0 Å². The van der Waals surface area contributed by atoms with E-state index in [0.29, 0.717) is 18.0 Å². The minimum Gasteiger partial charge on any atom is -0.467 e. The Kier molecular flexibility index (Phi) is 4.59. The Morgan fingerprint density at radius 3 is 2.80 bits per heavy atom. The molecule has 5 nitrogen and oxygen atoms in total. The Bertz CT molecular complexity index is 782. The smallest absolute Gasteiger partial charge is 0.257 e. The van der Waals surface area contributed by atoms with Crippen LogP contribution >= 0.6 is 11.6 Å². The van der Waals surface area contributed by atoms with Crippen molar-refractivity contribution < 1.29 is 9.21 Å². The fraction of sp³-hybridized carbons (Fsp3) is 0.368. The number of likely N-dealkylation sites (tertiary alicyclic amines) is 1. The van der Waals surface area contributed by atoms with Crippen LogP contribution in [-0.2, 0) is 4.79 Å². The number of nitrogens with zero attached hydrogens (tertiary/aromatic N) is 3. The average Bonchev–Trinajstić information content (AvgIpc) is 3.35. The molecule has 2 aliphatic rings. The summed E-state index contributed by atoms with van der Waals surface area (Å²) in [6.45, 7) is 2.37. The molecule has 2 aromatic rings. The average molecular weight is 358 g/mol. The van der Waals surface area contributed by atoms with E-state index < -0.39 is 0 Å². The first-order valence-electron chi connectivity index (χ1n) is 8.62. The summed E-state index contributed by atoms with van der Waals surface area (Å²) in [6.07, 6.45) is 4.58. The summed E-state index contributed by atoms with van der Waals surface area (Å²) < 4.78 is 5.57. The van der Waals surface area contributed by atoms with Gasteiger partial charge in [-0.15, -0.1) is 0 Å². The number of hydrazone groups is 1. The molecule has 0 aliphatic carbocycles.